The molecule has 1 aromatic rings. The molecule has 7 heteroatoms. The Morgan fingerprint density at radius 3 is 2.45 bits per heavy atom. The van der Waals surface area contributed by atoms with Gasteiger partial charge in [-0.1, -0.05) is 23.8 Å². The quantitative estimate of drug-likeness (QED) is 0.704. The maximum Gasteiger partial charge on any atom is 0.234 e. The van der Waals surface area contributed by atoms with Crippen LogP contribution in [-0.2, 0) is 14.3 Å². The van der Waals surface area contributed by atoms with Crippen LogP contribution in [-0.4, -0.2) is 47.2 Å². The predicted octanol–water partition coefficient (Wildman–Crippen LogP) is 3.05. The summed E-state index contributed by atoms with van der Waals surface area (Å²) in [6.07, 6.45) is 5.28. The van der Waals surface area contributed by atoms with E-state index in [1.807, 2.05) is 24.3 Å². The van der Waals surface area contributed by atoms with Gasteiger partial charge >= 0.3 is 0 Å². The fraction of sp³-hybridized carbons (Fsp3) is 0.583. The SMILES string of the molecule is CC1(C)CC(NC(=O)C2C3C=CC4(CN(c5ccc(Cl)cc5)C(=O)C24)O3)CC(C)(C)N1. The Bertz CT molecular complexity index is 941. The van der Waals surface area contributed by atoms with E-state index in [1.54, 1.807) is 17.0 Å². The number of nitrogens with zero attached hydrogens (tertiary/aromatic N) is 1. The Hall–Kier alpha value is -1.89. The predicted molar refractivity (Wildman–Crippen MR) is 120 cm³/mol. The Morgan fingerprint density at radius 2 is 1.81 bits per heavy atom. The highest BCUT2D eigenvalue weighted by Crippen LogP contribution is 2.52. The number of hydrogen-bond donors (Lipinski definition) is 2. The molecular formula is C24H30ClN3O3. The molecule has 4 heterocycles. The molecule has 5 rings (SSSR count). The lowest BCUT2D eigenvalue weighted by atomic mass is 9.75. The molecule has 2 N–H and O–H groups in total. The smallest absolute Gasteiger partial charge is 0.234 e. The summed E-state index contributed by atoms with van der Waals surface area (Å²) in [6.45, 7) is 9.07. The minimum atomic E-state index is -0.726. The Balaban J connectivity index is 1.37. The van der Waals surface area contributed by atoms with Crippen LogP contribution in [0, 0.1) is 11.8 Å². The number of anilines is 1. The Morgan fingerprint density at radius 1 is 1.16 bits per heavy atom. The van der Waals surface area contributed by atoms with Gasteiger partial charge in [-0.2, -0.15) is 0 Å². The third-order valence-corrected chi connectivity index (χ3v) is 7.33. The third-order valence-electron chi connectivity index (χ3n) is 7.08. The van der Waals surface area contributed by atoms with Gasteiger partial charge in [-0.05, 0) is 64.8 Å². The molecule has 166 valence electrons. The van der Waals surface area contributed by atoms with Gasteiger partial charge in [0, 0.05) is 27.8 Å². The normalized spacial score (nSPS) is 35.5. The van der Waals surface area contributed by atoms with E-state index < -0.39 is 17.4 Å². The number of hydrogen-bond acceptors (Lipinski definition) is 4. The summed E-state index contributed by atoms with van der Waals surface area (Å²) in [5, 5.41) is 7.53. The first-order valence-electron chi connectivity index (χ1n) is 11.0. The lowest BCUT2D eigenvalue weighted by molar-refractivity contribution is -0.132. The molecule has 6 nitrogen and oxygen atoms in total. The first-order valence-corrected chi connectivity index (χ1v) is 11.4. The minimum absolute atomic E-state index is 0.0553. The van der Waals surface area contributed by atoms with E-state index >= 15 is 0 Å². The lowest BCUT2D eigenvalue weighted by Gasteiger charge is -2.47. The van der Waals surface area contributed by atoms with Crippen LogP contribution in [0.25, 0.3) is 0 Å². The molecule has 1 spiro atoms. The topological polar surface area (TPSA) is 70.7 Å². The second-order valence-corrected chi connectivity index (χ2v) is 11.2. The van der Waals surface area contributed by atoms with Crippen molar-refractivity contribution in [2.24, 2.45) is 11.8 Å². The minimum Gasteiger partial charge on any atom is -0.360 e. The van der Waals surface area contributed by atoms with Gasteiger partial charge in [-0.15, -0.1) is 0 Å². The number of ether oxygens (including phenoxy) is 1. The first kappa shape index (κ1) is 21.0. The largest absolute Gasteiger partial charge is 0.360 e. The number of nitrogens with one attached hydrogen (secondary N) is 2. The molecule has 3 saturated heterocycles. The monoisotopic (exact) mass is 443 g/mol. The molecular weight excluding hydrogens is 414 g/mol. The molecule has 2 bridgehead atoms. The third kappa shape index (κ3) is 3.49. The summed E-state index contributed by atoms with van der Waals surface area (Å²) in [5.74, 6) is -1.14. The summed E-state index contributed by atoms with van der Waals surface area (Å²) in [4.78, 5) is 28.6. The lowest BCUT2D eigenvalue weighted by Crippen LogP contribution is -2.62. The number of piperidine rings is 1. The van der Waals surface area contributed by atoms with Crippen molar-refractivity contribution in [3.63, 3.8) is 0 Å². The average molecular weight is 444 g/mol. The van der Waals surface area contributed by atoms with Gasteiger partial charge < -0.3 is 20.3 Å². The number of rotatable bonds is 3. The van der Waals surface area contributed by atoms with Gasteiger partial charge in [0.25, 0.3) is 0 Å². The number of benzene rings is 1. The van der Waals surface area contributed by atoms with Crippen LogP contribution in [0.5, 0.6) is 0 Å². The van der Waals surface area contributed by atoms with Crippen molar-refractivity contribution in [2.45, 2.75) is 69.4 Å². The molecule has 0 radical (unpaired) electrons. The average Bonchev–Trinajstić information content (AvgIpc) is 3.28. The summed E-state index contributed by atoms with van der Waals surface area (Å²) < 4.78 is 6.26. The van der Waals surface area contributed by atoms with E-state index in [0.717, 1.165) is 18.5 Å². The van der Waals surface area contributed by atoms with E-state index in [9.17, 15) is 9.59 Å². The zero-order chi connectivity index (χ0) is 22.2. The van der Waals surface area contributed by atoms with Crippen molar-refractivity contribution in [3.05, 3.63) is 41.4 Å². The zero-order valence-electron chi connectivity index (χ0n) is 18.4. The molecule has 1 aromatic carbocycles. The molecule has 4 aliphatic rings. The number of halogens is 1. The standard InChI is InChI=1S/C24H30ClN3O3/c1-22(2)11-15(12-23(3,4)27-22)26-20(29)18-17-9-10-24(31-17)13-28(21(30)19(18)24)16-7-5-14(25)6-8-16/h5-10,15,17-19,27H,11-13H2,1-4H3,(H,26,29). The van der Waals surface area contributed by atoms with Gasteiger partial charge in [0.05, 0.1) is 24.5 Å². The Labute approximate surface area is 188 Å². The molecule has 0 saturated carbocycles. The summed E-state index contributed by atoms with van der Waals surface area (Å²) in [6, 6.07) is 7.27. The maximum atomic E-state index is 13.5. The van der Waals surface area contributed by atoms with Crippen LogP contribution in [0.2, 0.25) is 5.02 Å². The van der Waals surface area contributed by atoms with Crippen LogP contribution >= 0.6 is 11.6 Å². The molecule has 4 atom stereocenters. The molecule has 4 unspecified atom stereocenters. The van der Waals surface area contributed by atoms with Crippen molar-refractivity contribution < 1.29 is 14.3 Å². The van der Waals surface area contributed by atoms with Crippen molar-refractivity contribution >= 4 is 29.1 Å². The van der Waals surface area contributed by atoms with Gasteiger partial charge in [-0.25, -0.2) is 0 Å². The van der Waals surface area contributed by atoms with Crippen LogP contribution in [0.3, 0.4) is 0 Å². The van der Waals surface area contributed by atoms with E-state index in [1.165, 1.54) is 0 Å². The van der Waals surface area contributed by atoms with Gasteiger partial charge in [0.1, 0.15) is 5.60 Å². The highest BCUT2D eigenvalue weighted by molar-refractivity contribution is 6.30. The van der Waals surface area contributed by atoms with Crippen LogP contribution in [0.15, 0.2) is 36.4 Å². The fourth-order valence-electron chi connectivity index (χ4n) is 6.36. The molecule has 3 fully saturated rings. The summed E-state index contributed by atoms with van der Waals surface area (Å²) in [5.41, 5.74) is -0.0865. The van der Waals surface area contributed by atoms with Crippen molar-refractivity contribution in [2.75, 3.05) is 11.4 Å². The van der Waals surface area contributed by atoms with Gasteiger partial charge in [0.2, 0.25) is 11.8 Å². The second kappa shape index (κ2) is 6.80. The van der Waals surface area contributed by atoms with E-state index in [4.69, 9.17) is 16.3 Å². The summed E-state index contributed by atoms with van der Waals surface area (Å²) in [7, 11) is 0. The number of amides is 2. The number of fused-ring (bicyclic) bond motifs is 1. The molecule has 0 aromatic heterocycles. The molecule has 2 amide bonds. The summed E-state index contributed by atoms with van der Waals surface area (Å²) >= 11 is 6.01. The van der Waals surface area contributed by atoms with Gasteiger partial charge in [-0.3, -0.25) is 9.59 Å². The molecule has 31 heavy (non-hydrogen) atoms. The van der Waals surface area contributed by atoms with Gasteiger partial charge in [0.15, 0.2) is 0 Å². The molecule has 4 aliphatic heterocycles. The van der Waals surface area contributed by atoms with E-state index in [2.05, 4.69) is 38.3 Å². The van der Waals surface area contributed by atoms with E-state index in [-0.39, 0.29) is 35.0 Å². The van der Waals surface area contributed by atoms with E-state index in [0.29, 0.717) is 11.6 Å². The zero-order valence-corrected chi connectivity index (χ0v) is 19.2. The highest BCUT2D eigenvalue weighted by atomic mass is 35.5. The first-order chi connectivity index (χ1) is 14.5. The maximum absolute atomic E-state index is 13.5. The van der Waals surface area contributed by atoms with Crippen LogP contribution in [0.4, 0.5) is 5.69 Å². The second-order valence-electron chi connectivity index (χ2n) is 10.8. The molecule has 0 aliphatic carbocycles. The Kier molecular flexibility index (Phi) is 4.60. The number of carbonyl (C=O) groups excluding carboxylic acids is 2. The fourth-order valence-corrected chi connectivity index (χ4v) is 6.48. The van der Waals surface area contributed by atoms with Crippen molar-refractivity contribution in [1.82, 2.24) is 10.6 Å². The van der Waals surface area contributed by atoms with Crippen molar-refractivity contribution in [3.8, 4) is 0 Å². The van der Waals surface area contributed by atoms with Crippen LogP contribution in [0.1, 0.15) is 40.5 Å². The number of carbonyl (C=O) groups is 2. The van der Waals surface area contributed by atoms with Crippen molar-refractivity contribution in [1.29, 1.82) is 0 Å². The van der Waals surface area contributed by atoms with Crippen LogP contribution < -0.4 is 15.5 Å². The highest BCUT2D eigenvalue weighted by Gasteiger charge is 2.67.